The van der Waals surface area contributed by atoms with Gasteiger partial charge in [0.05, 0.1) is 0 Å². The number of benzene rings is 2. The molecule has 0 heterocycles. The Kier molecular flexibility index (Phi) is 6.67. The summed E-state index contributed by atoms with van der Waals surface area (Å²) in [7, 11) is 3.91. The number of nitriles is 1. The second kappa shape index (κ2) is 8.95. The van der Waals surface area contributed by atoms with Crippen molar-refractivity contribution in [3.63, 3.8) is 0 Å². The summed E-state index contributed by atoms with van der Waals surface area (Å²) >= 11 is 1.65. The van der Waals surface area contributed by atoms with Crippen LogP contribution in [0, 0.1) is 11.3 Å². The van der Waals surface area contributed by atoms with Crippen molar-refractivity contribution >= 4 is 29.5 Å². The first-order chi connectivity index (χ1) is 12.0. The number of esters is 1. The molecule has 2 aromatic carbocycles. The molecule has 2 aromatic rings. The molecule has 0 aliphatic rings. The maximum absolute atomic E-state index is 12.1. The number of carbonyl (C=O) groups excluding carboxylic acids is 1. The molecule has 0 aliphatic carbocycles. The van der Waals surface area contributed by atoms with Crippen molar-refractivity contribution in [2.24, 2.45) is 0 Å². The summed E-state index contributed by atoms with van der Waals surface area (Å²) in [6.07, 6.45) is 3.54. The van der Waals surface area contributed by atoms with Crippen molar-refractivity contribution in [3.8, 4) is 6.07 Å². The molecule has 2 rings (SSSR count). The van der Waals surface area contributed by atoms with Crippen molar-refractivity contribution < 1.29 is 9.53 Å². The molecule has 0 aliphatic heterocycles. The summed E-state index contributed by atoms with van der Waals surface area (Å²) < 4.78 is 5.24. The molecule has 0 aromatic heterocycles. The van der Waals surface area contributed by atoms with Gasteiger partial charge in [0.15, 0.2) is 0 Å². The van der Waals surface area contributed by atoms with Crippen LogP contribution in [0.25, 0.3) is 6.08 Å². The molecule has 0 amide bonds. The van der Waals surface area contributed by atoms with Gasteiger partial charge in [-0.3, -0.25) is 0 Å². The second-order valence-electron chi connectivity index (χ2n) is 5.58. The highest BCUT2D eigenvalue weighted by Crippen LogP contribution is 2.17. The van der Waals surface area contributed by atoms with Gasteiger partial charge < -0.3 is 9.64 Å². The number of nitrogens with zero attached hydrogens (tertiary/aromatic N) is 2. The van der Waals surface area contributed by atoms with E-state index in [0.29, 0.717) is 0 Å². The Labute approximate surface area is 152 Å². The monoisotopic (exact) mass is 352 g/mol. The van der Waals surface area contributed by atoms with Crippen molar-refractivity contribution in [2.45, 2.75) is 11.5 Å². The molecule has 0 saturated heterocycles. The van der Waals surface area contributed by atoms with Gasteiger partial charge in [0, 0.05) is 24.7 Å². The lowest BCUT2D eigenvalue weighted by Gasteiger charge is -2.11. The van der Waals surface area contributed by atoms with E-state index in [1.54, 1.807) is 17.8 Å². The van der Waals surface area contributed by atoms with E-state index in [1.165, 1.54) is 0 Å². The predicted molar refractivity (Wildman–Crippen MR) is 102 cm³/mol. The lowest BCUT2D eigenvalue weighted by molar-refractivity contribution is -0.139. The van der Waals surface area contributed by atoms with Crippen molar-refractivity contribution in [1.82, 2.24) is 0 Å². The fourth-order valence-corrected chi connectivity index (χ4v) is 2.53. The summed E-state index contributed by atoms with van der Waals surface area (Å²) in [5, 5.41) is 9.24. The van der Waals surface area contributed by atoms with Crippen LogP contribution < -0.4 is 4.90 Å². The molecule has 0 N–H and O–H groups in total. The fourth-order valence-electron chi connectivity index (χ4n) is 2.12. The Balaban J connectivity index is 2.03. The van der Waals surface area contributed by atoms with Crippen molar-refractivity contribution in [1.29, 1.82) is 5.26 Å². The Bertz CT molecular complexity index is 788. The van der Waals surface area contributed by atoms with E-state index in [2.05, 4.69) is 0 Å². The highest BCUT2D eigenvalue weighted by atomic mass is 32.2. The summed E-state index contributed by atoms with van der Waals surface area (Å²) in [6, 6.07) is 17.3. The van der Waals surface area contributed by atoms with Crippen LogP contribution in [0.4, 0.5) is 5.69 Å². The van der Waals surface area contributed by atoms with Gasteiger partial charge in [-0.1, -0.05) is 24.3 Å². The van der Waals surface area contributed by atoms with Crippen LogP contribution in [0.15, 0.2) is 59.0 Å². The van der Waals surface area contributed by atoms with Gasteiger partial charge in [-0.2, -0.15) is 5.26 Å². The number of anilines is 1. The predicted octanol–water partition coefficient (Wildman–Crippen LogP) is 4.12. The minimum absolute atomic E-state index is 0.0154. The average molecular weight is 352 g/mol. The number of thioether (sulfide) groups is 1. The fraction of sp³-hybridized carbons (Fsp3) is 0.200. The smallest absolute Gasteiger partial charge is 0.349 e. The SMILES string of the molecule is CSc1ccc(COC(=O)/C(C#N)=C/c2ccc(N(C)C)cc2)cc1. The van der Waals surface area contributed by atoms with Gasteiger partial charge in [0.1, 0.15) is 18.2 Å². The lowest BCUT2D eigenvalue weighted by atomic mass is 10.1. The number of rotatable bonds is 6. The maximum Gasteiger partial charge on any atom is 0.349 e. The number of carbonyl (C=O) groups is 1. The topological polar surface area (TPSA) is 53.3 Å². The molecule has 0 atom stereocenters. The molecule has 5 heteroatoms. The Hall–Kier alpha value is -2.71. The van der Waals surface area contributed by atoms with E-state index >= 15 is 0 Å². The first-order valence-electron chi connectivity index (χ1n) is 7.72. The van der Waals surface area contributed by atoms with Crippen LogP contribution in [-0.2, 0) is 16.1 Å². The van der Waals surface area contributed by atoms with Gasteiger partial charge in [-0.05, 0) is 47.7 Å². The standard InChI is InChI=1S/C20H20N2O2S/c1-22(2)18-8-4-15(5-9-18)12-17(13-21)20(23)24-14-16-6-10-19(25-3)11-7-16/h4-12H,14H2,1-3H3/b17-12+. The Morgan fingerprint density at radius 2 is 1.80 bits per heavy atom. The third kappa shape index (κ3) is 5.40. The summed E-state index contributed by atoms with van der Waals surface area (Å²) in [5.41, 5.74) is 2.70. The normalized spacial score (nSPS) is 10.9. The average Bonchev–Trinajstić information content (AvgIpc) is 2.64. The van der Waals surface area contributed by atoms with Gasteiger partial charge in [-0.25, -0.2) is 4.79 Å². The van der Waals surface area contributed by atoms with Gasteiger partial charge in [-0.15, -0.1) is 11.8 Å². The number of hydrogen-bond donors (Lipinski definition) is 0. The molecule has 0 unspecified atom stereocenters. The summed E-state index contributed by atoms with van der Waals surface area (Å²) in [6.45, 7) is 0.145. The quantitative estimate of drug-likeness (QED) is 0.339. The highest BCUT2D eigenvalue weighted by molar-refractivity contribution is 7.98. The molecule has 25 heavy (non-hydrogen) atoms. The Morgan fingerprint density at radius 3 is 2.32 bits per heavy atom. The van der Waals surface area contributed by atoms with E-state index < -0.39 is 5.97 Å². The number of ether oxygens (including phenoxy) is 1. The second-order valence-corrected chi connectivity index (χ2v) is 6.46. The van der Waals surface area contributed by atoms with Crippen LogP contribution >= 0.6 is 11.8 Å². The van der Waals surface area contributed by atoms with Gasteiger partial charge in [0.2, 0.25) is 0 Å². The van der Waals surface area contributed by atoms with Crippen LogP contribution in [0.1, 0.15) is 11.1 Å². The molecule has 128 valence electrons. The van der Waals surface area contributed by atoms with Gasteiger partial charge >= 0.3 is 5.97 Å². The van der Waals surface area contributed by atoms with Gasteiger partial charge in [0.25, 0.3) is 0 Å². The molecule has 4 nitrogen and oxygen atoms in total. The minimum Gasteiger partial charge on any atom is -0.457 e. The molecular weight excluding hydrogens is 332 g/mol. The zero-order valence-corrected chi connectivity index (χ0v) is 15.3. The summed E-state index contributed by atoms with van der Waals surface area (Å²) in [5.74, 6) is -0.617. The first-order valence-corrected chi connectivity index (χ1v) is 8.95. The maximum atomic E-state index is 12.1. The molecule has 0 spiro atoms. The van der Waals surface area contributed by atoms with E-state index in [4.69, 9.17) is 4.74 Å². The third-order valence-electron chi connectivity index (χ3n) is 3.59. The summed E-state index contributed by atoms with van der Waals surface area (Å²) in [4.78, 5) is 15.3. The van der Waals surface area contributed by atoms with Crippen LogP contribution in [0.5, 0.6) is 0 Å². The highest BCUT2D eigenvalue weighted by Gasteiger charge is 2.11. The van der Waals surface area contributed by atoms with Crippen molar-refractivity contribution in [3.05, 3.63) is 65.2 Å². The van der Waals surface area contributed by atoms with Crippen molar-refractivity contribution in [2.75, 3.05) is 25.3 Å². The zero-order chi connectivity index (χ0) is 18.2. The van der Waals surface area contributed by atoms with E-state index in [0.717, 1.165) is 21.7 Å². The zero-order valence-electron chi connectivity index (χ0n) is 14.5. The number of hydrogen-bond acceptors (Lipinski definition) is 5. The third-order valence-corrected chi connectivity index (χ3v) is 4.33. The largest absolute Gasteiger partial charge is 0.457 e. The molecule has 0 radical (unpaired) electrons. The van der Waals surface area contributed by atoms with Crippen LogP contribution in [0.3, 0.4) is 0 Å². The lowest BCUT2D eigenvalue weighted by Crippen LogP contribution is -2.08. The molecule has 0 bridgehead atoms. The molecular formula is C20H20N2O2S. The van der Waals surface area contributed by atoms with E-state index in [-0.39, 0.29) is 12.2 Å². The van der Waals surface area contributed by atoms with Crippen LogP contribution in [-0.4, -0.2) is 26.3 Å². The Morgan fingerprint density at radius 1 is 1.16 bits per heavy atom. The minimum atomic E-state index is -0.617. The molecule has 0 saturated carbocycles. The molecule has 0 fully saturated rings. The van der Waals surface area contributed by atoms with E-state index in [9.17, 15) is 10.1 Å². The van der Waals surface area contributed by atoms with Crippen LogP contribution in [0.2, 0.25) is 0 Å². The van der Waals surface area contributed by atoms with E-state index in [1.807, 2.05) is 79.9 Å². The first kappa shape index (κ1) is 18.6.